The van der Waals surface area contributed by atoms with Crippen LogP contribution in [0, 0.1) is 0 Å². The van der Waals surface area contributed by atoms with Gasteiger partial charge in [0.2, 0.25) is 0 Å². The van der Waals surface area contributed by atoms with Crippen molar-refractivity contribution in [1.29, 1.82) is 0 Å². The molecule has 0 saturated heterocycles. The number of carbonyl (C=O) groups excluding carboxylic acids is 1. The second kappa shape index (κ2) is 3.41. The van der Waals surface area contributed by atoms with Gasteiger partial charge in [0.15, 0.2) is 0 Å². The SMILES string of the molecule is CN1C(=O)Nc2cc(C(=O)O)ccc2N1C. The first-order valence-corrected chi connectivity index (χ1v) is 4.66. The van der Waals surface area contributed by atoms with E-state index in [9.17, 15) is 9.59 Å². The van der Waals surface area contributed by atoms with Crippen molar-refractivity contribution >= 4 is 23.4 Å². The number of anilines is 2. The van der Waals surface area contributed by atoms with Crippen LogP contribution in [0.1, 0.15) is 10.4 Å². The fourth-order valence-corrected chi connectivity index (χ4v) is 1.55. The lowest BCUT2D eigenvalue weighted by molar-refractivity contribution is 0.0697. The average Bonchev–Trinajstić information content (AvgIpc) is 2.25. The molecule has 0 fully saturated rings. The normalized spacial score (nSPS) is 14.5. The zero-order chi connectivity index (χ0) is 11.9. The Morgan fingerprint density at radius 2 is 2.00 bits per heavy atom. The smallest absolute Gasteiger partial charge is 0.340 e. The van der Waals surface area contributed by atoms with Crippen LogP contribution in [0.3, 0.4) is 0 Å². The molecule has 2 N–H and O–H groups in total. The predicted octanol–water partition coefficient (Wildman–Crippen LogP) is 1.21. The minimum atomic E-state index is -1.02. The molecule has 6 heteroatoms. The number of nitrogens with zero attached hydrogens (tertiary/aromatic N) is 2. The van der Waals surface area contributed by atoms with Gasteiger partial charge >= 0.3 is 12.0 Å². The summed E-state index contributed by atoms with van der Waals surface area (Å²) in [6.45, 7) is 0. The number of nitrogens with one attached hydrogen (secondary N) is 1. The molecule has 0 aromatic heterocycles. The van der Waals surface area contributed by atoms with Gasteiger partial charge in [0.05, 0.1) is 16.9 Å². The van der Waals surface area contributed by atoms with Crippen molar-refractivity contribution in [2.75, 3.05) is 24.4 Å². The first-order valence-electron chi connectivity index (χ1n) is 4.66. The number of rotatable bonds is 1. The highest BCUT2D eigenvalue weighted by atomic mass is 16.4. The summed E-state index contributed by atoms with van der Waals surface area (Å²) in [5, 5.41) is 14.5. The van der Waals surface area contributed by atoms with E-state index in [0.717, 1.165) is 5.69 Å². The largest absolute Gasteiger partial charge is 0.478 e. The number of fused-ring (bicyclic) bond motifs is 1. The first-order chi connectivity index (χ1) is 7.50. The van der Waals surface area contributed by atoms with Crippen LogP contribution in [-0.4, -0.2) is 36.2 Å². The van der Waals surface area contributed by atoms with Gasteiger partial charge in [0.25, 0.3) is 0 Å². The van der Waals surface area contributed by atoms with Crippen LogP contribution in [-0.2, 0) is 0 Å². The standard InChI is InChI=1S/C10H11N3O3/c1-12-8-4-3-6(9(14)15)5-7(8)11-10(16)13(12)2/h3-5H,1-2H3,(H,11,16)(H,14,15). The Kier molecular flexibility index (Phi) is 2.19. The van der Waals surface area contributed by atoms with Gasteiger partial charge in [-0.25, -0.2) is 14.6 Å². The van der Waals surface area contributed by atoms with Crippen molar-refractivity contribution in [1.82, 2.24) is 5.01 Å². The Hall–Kier alpha value is -2.24. The van der Waals surface area contributed by atoms with Crippen LogP contribution < -0.4 is 10.3 Å². The minimum Gasteiger partial charge on any atom is -0.478 e. The molecule has 0 spiro atoms. The van der Waals surface area contributed by atoms with E-state index in [-0.39, 0.29) is 11.6 Å². The van der Waals surface area contributed by atoms with Crippen molar-refractivity contribution in [3.05, 3.63) is 23.8 Å². The Morgan fingerprint density at radius 1 is 1.31 bits per heavy atom. The summed E-state index contributed by atoms with van der Waals surface area (Å²) >= 11 is 0. The summed E-state index contributed by atoms with van der Waals surface area (Å²) in [6, 6.07) is 4.31. The van der Waals surface area contributed by atoms with E-state index in [1.165, 1.54) is 17.1 Å². The highest BCUT2D eigenvalue weighted by Gasteiger charge is 2.24. The number of urea groups is 1. The van der Waals surface area contributed by atoms with Gasteiger partial charge in [0.1, 0.15) is 0 Å². The van der Waals surface area contributed by atoms with Crippen LogP contribution in [0.15, 0.2) is 18.2 Å². The molecule has 0 atom stereocenters. The number of hydrogen-bond acceptors (Lipinski definition) is 3. The van der Waals surface area contributed by atoms with Crippen LogP contribution in [0.4, 0.5) is 16.2 Å². The van der Waals surface area contributed by atoms with Crippen LogP contribution in [0.5, 0.6) is 0 Å². The fourth-order valence-electron chi connectivity index (χ4n) is 1.55. The lowest BCUT2D eigenvalue weighted by atomic mass is 10.1. The first kappa shape index (κ1) is 10.3. The molecule has 1 heterocycles. The fraction of sp³-hybridized carbons (Fsp3) is 0.200. The monoisotopic (exact) mass is 221 g/mol. The number of carboxylic acid groups (broad SMARTS) is 1. The van der Waals surface area contributed by atoms with Gasteiger partial charge in [-0.3, -0.25) is 5.01 Å². The molecule has 0 aliphatic carbocycles. The van der Waals surface area contributed by atoms with Crippen LogP contribution >= 0.6 is 0 Å². The molecule has 16 heavy (non-hydrogen) atoms. The lowest BCUT2D eigenvalue weighted by Crippen LogP contribution is -2.47. The number of aromatic carboxylic acids is 1. The summed E-state index contributed by atoms with van der Waals surface area (Å²) in [6.07, 6.45) is 0. The number of hydrazine groups is 1. The maximum atomic E-state index is 11.5. The summed E-state index contributed by atoms with van der Waals surface area (Å²) in [5.74, 6) is -1.02. The van der Waals surface area contributed by atoms with E-state index in [2.05, 4.69) is 5.32 Å². The third-order valence-electron chi connectivity index (χ3n) is 2.58. The van der Waals surface area contributed by atoms with Gasteiger partial charge in [-0.05, 0) is 18.2 Å². The second-order valence-corrected chi connectivity index (χ2v) is 3.51. The highest BCUT2D eigenvalue weighted by molar-refractivity contribution is 6.00. The van der Waals surface area contributed by atoms with Gasteiger partial charge in [0, 0.05) is 14.1 Å². The van der Waals surface area contributed by atoms with E-state index < -0.39 is 5.97 Å². The molecular weight excluding hydrogens is 210 g/mol. The third-order valence-corrected chi connectivity index (χ3v) is 2.58. The van der Waals surface area contributed by atoms with Crippen molar-refractivity contribution in [3.8, 4) is 0 Å². The number of carboxylic acids is 1. The molecule has 2 amide bonds. The number of amides is 2. The lowest BCUT2D eigenvalue weighted by Gasteiger charge is -2.36. The topological polar surface area (TPSA) is 72.9 Å². The van der Waals surface area contributed by atoms with Crippen molar-refractivity contribution in [2.24, 2.45) is 0 Å². The Labute approximate surface area is 92.0 Å². The van der Waals surface area contributed by atoms with Gasteiger partial charge in [-0.2, -0.15) is 0 Å². The summed E-state index contributed by atoms with van der Waals surface area (Å²) < 4.78 is 0. The minimum absolute atomic E-state index is 0.150. The van der Waals surface area contributed by atoms with Gasteiger partial charge < -0.3 is 10.4 Å². The summed E-state index contributed by atoms with van der Waals surface area (Å²) in [7, 11) is 3.36. The number of benzene rings is 1. The molecule has 0 saturated carbocycles. The summed E-state index contributed by atoms with van der Waals surface area (Å²) in [5.41, 5.74) is 1.41. The molecule has 1 aromatic carbocycles. The molecule has 1 aliphatic heterocycles. The Balaban J connectivity index is 2.49. The van der Waals surface area contributed by atoms with E-state index in [1.54, 1.807) is 25.2 Å². The molecule has 6 nitrogen and oxygen atoms in total. The van der Waals surface area contributed by atoms with Crippen molar-refractivity contribution in [3.63, 3.8) is 0 Å². The van der Waals surface area contributed by atoms with Crippen LogP contribution in [0.2, 0.25) is 0 Å². The molecular formula is C10H11N3O3. The molecule has 84 valence electrons. The molecule has 0 radical (unpaired) electrons. The van der Waals surface area contributed by atoms with E-state index in [0.29, 0.717) is 5.69 Å². The van der Waals surface area contributed by atoms with Crippen LogP contribution in [0.25, 0.3) is 0 Å². The van der Waals surface area contributed by atoms with E-state index in [1.807, 2.05) is 0 Å². The summed E-state index contributed by atoms with van der Waals surface area (Å²) in [4.78, 5) is 22.3. The van der Waals surface area contributed by atoms with Crippen molar-refractivity contribution in [2.45, 2.75) is 0 Å². The van der Waals surface area contributed by atoms with Gasteiger partial charge in [-0.15, -0.1) is 0 Å². The third kappa shape index (κ3) is 1.44. The molecule has 1 aromatic rings. The predicted molar refractivity (Wildman–Crippen MR) is 58.6 cm³/mol. The maximum absolute atomic E-state index is 11.5. The van der Waals surface area contributed by atoms with Gasteiger partial charge in [-0.1, -0.05) is 0 Å². The molecule has 2 rings (SSSR count). The Morgan fingerprint density at radius 3 is 2.62 bits per heavy atom. The second-order valence-electron chi connectivity index (χ2n) is 3.51. The number of hydrogen-bond donors (Lipinski definition) is 2. The maximum Gasteiger partial charge on any atom is 0.340 e. The van der Waals surface area contributed by atoms with Crippen molar-refractivity contribution < 1.29 is 14.7 Å². The van der Waals surface area contributed by atoms with E-state index >= 15 is 0 Å². The highest BCUT2D eigenvalue weighted by Crippen LogP contribution is 2.30. The molecule has 0 bridgehead atoms. The molecule has 1 aliphatic rings. The van der Waals surface area contributed by atoms with E-state index in [4.69, 9.17) is 5.11 Å². The average molecular weight is 221 g/mol. The zero-order valence-electron chi connectivity index (χ0n) is 8.89. The quantitative estimate of drug-likeness (QED) is 0.747. The molecule has 0 unspecified atom stereocenters. The number of carbonyl (C=O) groups is 2. The zero-order valence-corrected chi connectivity index (χ0v) is 8.89. The Bertz CT molecular complexity index is 472.